The molecule has 5 heteroatoms. The van der Waals surface area contributed by atoms with Gasteiger partial charge in [-0.15, -0.1) is 24.8 Å². The molecule has 2 rings (SSSR count). The van der Waals surface area contributed by atoms with Crippen LogP contribution in [0.1, 0.15) is 10.4 Å². The zero-order valence-electron chi connectivity index (χ0n) is 7.19. The van der Waals surface area contributed by atoms with Crippen LogP contribution < -0.4 is 5.73 Å². The molecule has 0 aliphatic carbocycles. The van der Waals surface area contributed by atoms with Gasteiger partial charge in [-0.25, -0.2) is 0 Å². The fourth-order valence-corrected chi connectivity index (χ4v) is 1.28. The number of amides is 1. The van der Waals surface area contributed by atoms with E-state index in [4.69, 9.17) is 5.73 Å². The van der Waals surface area contributed by atoms with Gasteiger partial charge in [0.05, 0.1) is 5.56 Å². The molecule has 0 saturated heterocycles. The number of halogens is 2. The Kier molecular flexibility index (Phi) is 4.47. The third-order valence-corrected chi connectivity index (χ3v) is 1.85. The van der Waals surface area contributed by atoms with E-state index in [1.54, 1.807) is 6.20 Å². The molecule has 0 spiro atoms. The highest BCUT2D eigenvalue weighted by atomic mass is 35.5. The van der Waals surface area contributed by atoms with Crippen molar-refractivity contribution in [3.63, 3.8) is 0 Å². The molecule has 1 aromatic carbocycles. The molecule has 0 aliphatic rings. The molecule has 0 radical (unpaired) electrons. The van der Waals surface area contributed by atoms with Crippen molar-refractivity contribution in [1.29, 1.82) is 0 Å². The van der Waals surface area contributed by atoms with Gasteiger partial charge in [0, 0.05) is 17.1 Å². The van der Waals surface area contributed by atoms with Gasteiger partial charge in [0.2, 0.25) is 0 Å². The molecule has 0 saturated carbocycles. The van der Waals surface area contributed by atoms with Gasteiger partial charge >= 0.3 is 0 Å². The first-order valence-electron chi connectivity index (χ1n) is 3.65. The summed E-state index contributed by atoms with van der Waals surface area (Å²) >= 11 is 0. The molecule has 3 nitrogen and oxygen atoms in total. The van der Waals surface area contributed by atoms with Crippen molar-refractivity contribution in [2.45, 2.75) is 0 Å². The van der Waals surface area contributed by atoms with Crippen LogP contribution in [0.2, 0.25) is 0 Å². The molecular formula is C9H10Cl2N2O. The lowest BCUT2D eigenvalue weighted by atomic mass is 10.2. The minimum absolute atomic E-state index is 0. The van der Waals surface area contributed by atoms with Crippen LogP contribution in [-0.2, 0) is 0 Å². The smallest absolute Gasteiger partial charge is 0.250 e. The maximum absolute atomic E-state index is 10.9. The summed E-state index contributed by atoms with van der Waals surface area (Å²) in [7, 11) is 0. The molecule has 1 amide bonds. The molecule has 0 aliphatic heterocycles. The van der Waals surface area contributed by atoms with Crippen LogP contribution in [0, 0.1) is 0 Å². The summed E-state index contributed by atoms with van der Waals surface area (Å²) in [5.41, 5.74) is 6.65. The second kappa shape index (κ2) is 4.88. The van der Waals surface area contributed by atoms with E-state index in [9.17, 15) is 4.79 Å². The Morgan fingerprint density at radius 2 is 1.86 bits per heavy atom. The van der Waals surface area contributed by atoms with Crippen molar-refractivity contribution in [3.8, 4) is 0 Å². The predicted molar refractivity (Wildman–Crippen MR) is 61.3 cm³/mol. The average Bonchev–Trinajstić information content (AvgIpc) is 2.47. The maximum atomic E-state index is 10.9. The summed E-state index contributed by atoms with van der Waals surface area (Å²) in [5, 5.41) is 0.880. The van der Waals surface area contributed by atoms with E-state index in [0.29, 0.717) is 5.56 Å². The molecule has 14 heavy (non-hydrogen) atoms. The molecular weight excluding hydrogens is 223 g/mol. The van der Waals surface area contributed by atoms with Crippen molar-refractivity contribution >= 4 is 41.6 Å². The summed E-state index contributed by atoms with van der Waals surface area (Å²) < 4.78 is 0. The predicted octanol–water partition coefficient (Wildman–Crippen LogP) is 2.11. The number of aromatic amines is 1. The zero-order chi connectivity index (χ0) is 8.55. The molecule has 0 fully saturated rings. The molecule has 76 valence electrons. The lowest BCUT2D eigenvalue weighted by Gasteiger charge is -1.90. The van der Waals surface area contributed by atoms with Crippen molar-refractivity contribution < 1.29 is 4.79 Å². The maximum Gasteiger partial charge on any atom is 0.250 e. The lowest BCUT2D eigenvalue weighted by molar-refractivity contribution is 0.100. The summed E-state index contributed by atoms with van der Waals surface area (Å²) in [6.45, 7) is 0. The fraction of sp³-hybridized carbons (Fsp3) is 0. The lowest BCUT2D eigenvalue weighted by Crippen LogP contribution is -2.09. The van der Waals surface area contributed by atoms with Crippen LogP contribution in [0.25, 0.3) is 10.9 Å². The van der Waals surface area contributed by atoms with Crippen LogP contribution in [0.4, 0.5) is 0 Å². The molecule has 2 aromatic rings. The molecule has 1 heterocycles. The van der Waals surface area contributed by atoms with Crippen LogP contribution in [0.3, 0.4) is 0 Å². The van der Waals surface area contributed by atoms with Crippen LogP contribution >= 0.6 is 24.8 Å². The third-order valence-electron chi connectivity index (χ3n) is 1.85. The topological polar surface area (TPSA) is 58.9 Å². The van der Waals surface area contributed by atoms with Crippen LogP contribution in [0.5, 0.6) is 0 Å². The standard InChI is InChI=1S/C9H8N2O.2ClH/c10-9(12)7-5-11-8-4-2-1-3-6(7)8;;/h1-5,11H,(H2,10,12);2*1H. The number of aromatic nitrogens is 1. The first-order chi connectivity index (χ1) is 5.79. The van der Waals surface area contributed by atoms with Gasteiger partial charge in [-0.05, 0) is 6.07 Å². The fourth-order valence-electron chi connectivity index (χ4n) is 1.28. The number of hydrogen-bond acceptors (Lipinski definition) is 1. The number of nitrogens with one attached hydrogen (secondary N) is 1. The largest absolute Gasteiger partial charge is 0.366 e. The highest BCUT2D eigenvalue weighted by molar-refractivity contribution is 6.05. The second-order valence-electron chi connectivity index (χ2n) is 2.61. The SMILES string of the molecule is Cl.Cl.NC(=O)c1c[nH]c2ccccc12. The second-order valence-corrected chi connectivity index (χ2v) is 2.61. The molecule has 0 atom stereocenters. The first kappa shape index (κ1) is 12.8. The quantitative estimate of drug-likeness (QED) is 0.778. The molecule has 3 N–H and O–H groups in total. The Morgan fingerprint density at radius 3 is 2.50 bits per heavy atom. The number of H-pyrrole nitrogens is 1. The van der Waals surface area contributed by atoms with Crippen LogP contribution in [-0.4, -0.2) is 10.9 Å². The number of carbonyl (C=O) groups is 1. The normalized spacial score (nSPS) is 8.86. The van der Waals surface area contributed by atoms with E-state index in [1.165, 1.54) is 0 Å². The van der Waals surface area contributed by atoms with E-state index in [-0.39, 0.29) is 24.8 Å². The minimum Gasteiger partial charge on any atom is -0.366 e. The Balaban J connectivity index is 0.000000845. The van der Waals surface area contributed by atoms with Crippen LogP contribution in [0.15, 0.2) is 30.5 Å². The van der Waals surface area contributed by atoms with Gasteiger partial charge in [-0.2, -0.15) is 0 Å². The first-order valence-corrected chi connectivity index (χ1v) is 3.65. The van der Waals surface area contributed by atoms with E-state index in [0.717, 1.165) is 10.9 Å². The van der Waals surface area contributed by atoms with Gasteiger partial charge in [0.25, 0.3) is 5.91 Å². The Labute approximate surface area is 93.5 Å². The summed E-state index contributed by atoms with van der Waals surface area (Å²) in [4.78, 5) is 13.8. The molecule has 0 unspecified atom stereocenters. The van der Waals surface area contributed by atoms with Gasteiger partial charge in [-0.1, -0.05) is 18.2 Å². The number of primary amides is 1. The monoisotopic (exact) mass is 232 g/mol. The van der Waals surface area contributed by atoms with E-state index in [1.807, 2.05) is 24.3 Å². The van der Waals surface area contributed by atoms with Crippen molar-refractivity contribution in [2.24, 2.45) is 5.73 Å². The van der Waals surface area contributed by atoms with Gasteiger partial charge in [0.1, 0.15) is 0 Å². The Hall–Kier alpha value is -1.19. The number of carbonyl (C=O) groups excluding carboxylic acids is 1. The van der Waals surface area contributed by atoms with E-state index in [2.05, 4.69) is 4.98 Å². The van der Waals surface area contributed by atoms with Gasteiger partial charge < -0.3 is 10.7 Å². The number of rotatable bonds is 1. The van der Waals surface area contributed by atoms with Gasteiger partial charge in [-0.3, -0.25) is 4.79 Å². The van der Waals surface area contributed by atoms with E-state index >= 15 is 0 Å². The molecule has 1 aromatic heterocycles. The van der Waals surface area contributed by atoms with E-state index < -0.39 is 5.91 Å². The highest BCUT2D eigenvalue weighted by Gasteiger charge is 2.06. The number of nitrogens with two attached hydrogens (primary N) is 1. The number of hydrogen-bond donors (Lipinski definition) is 2. The minimum atomic E-state index is -0.396. The Bertz CT molecular complexity index is 439. The number of para-hydroxylation sites is 1. The van der Waals surface area contributed by atoms with Gasteiger partial charge in [0.15, 0.2) is 0 Å². The van der Waals surface area contributed by atoms with Crippen molar-refractivity contribution in [1.82, 2.24) is 4.98 Å². The van der Waals surface area contributed by atoms with Crippen molar-refractivity contribution in [2.75, 3.05) is 0 Å². The van der Waals surface area contributed by atoms with Crippen molar-refractivity contribution in [3.05, 3.63) is 36.0 Å². The zero-order valence-corrected chi connectivity index (χ0v) is 8.82. The summed E-state index contributed by atoms with van der Waals surface area (Å²) in [6, 6.07) is 7.56. The third kappa shape index (κ3) is 2.00. The average molecular weight is 233 g/mol. The summed E-state index contributed by atoms with van der Waals surface area (Å²) in [5.74, 6) is -0.396. The number of benzene rings is 1. The Morgan fingerprint density at radius 1 is 1.21 bits per heavy atom. The molecule has 0 bridgehead atoms. The number of fused-ring (bicyclic) bond motifs is 1. The summed E-state index contributed by atoms with van der Waals surface area (Å²) in [6.07, 6.45) is 1.63. The highest BCUT2D eigenvalue weighted by Crippen LogP contribution is 2.16.